The van der Waals surface area contributed by atoms with Gasteiger partial charge in [-0.2, -0.15) is 0 Å². The fourth-order valence-corrected chi connectivity index (χ4v) is 1.57. The number of non-ortho nitro benzene ring substituents is 1. The molecule has 0 bridgehead atoms. The number of anilines is 1. The van der Waals surface area contributed by atoms with Gasteiger partial charge in [0.1, 0.15) is 6.33 Å². The van der Waals surface area contributed by atoms with E-state index in [2.05, 4.69) is 15.3 Å². The van der Waals surface area contributed by atoms with Crippen LogP contribution in [0.4, 0.5) is 11.4 Å². The number of nitrogens with zero attached hydrogens (tertiary/aromatic N) is 3. The van der Waals surface area contributed by atoms with E-state index in [1.165, 1.54) is 30.9 Å². The number of nitrogens with one attached hydrogen (secondary N) is 1. The Labute approximate surface area is 112 Å². The summed E-state index contributed by atoms with van der Waals surface area (Å²) < 4.78 is 0. The van der Waals surface area contributed by atoms with Crippen LogP contribution in [-0.2, 0) is 0 Å². The predicted molar refractivity (Wildman–Crippen MR) is 68.1 cm³/mol. The van der Waals surface area contributed by atoms with Gasteiger partial charge in [-0.25, -0.2) is 9.97 Å². The molecule has 1 N–H and O–H groups in total. The number of aromatic nitrogens is 2. The Morgan fingerprint density at radius 3 is 2.63 bits per heavy atom. The first-order chi connectivity index (χ1) is 9.08. The van der Waals surface area contributed by atoms with E-state index in [0.29, 0.717) is 5.69 Å². The highest BCUT2D eigenvalue weighted by Crippen LogP contribution is 2.22. The Bertz CT molecular complexity index is 633. The second kappa shape index (κ2) is 5.40. The number of rotatable bonds is 3. The Balaban J connectivity index is 2.28. The molecule has 96 valence electrons. The second-order valence-electron chi connectivity index (χ2n) is 3.50. The van der Waals surface area contributed by atoms with Gasteiger partial charge in [0.2, 0.25) is 0 Å². The smallest absolute Gasteiger partial charge is 0.270 e. The van der Waals surface area contributed by atoms with E-state index in [0.717, 1.165) is 6.07 Å². The molecule has 0 saturated heterocycles. The van der Waals surface area contributed by atoms with Gasteiger partial charge in [-0.3, -0.25) is 14.9 Å². The Morgan fingerprint density at radius 2 is 2.00 bits per heavy atom. The van der Waals surface area contributed by atoms with Crippen LogP contribution in [0.3, 0.4) is 0 Å². The maximum atomic E-state index is 11.9. The van der Waals surface area contributed by atoms with E-state index in [-0.39, 0.29) is 16.3 Å². The van der Waals surface area contributed by atoms with Crippen molar-refractivity contribution in [1.29, 1.82) is 0 Å². The fourth-order valence-electron chi connectivity index (χ4n) is 1.36. The van der Waals surface area contributed by atoms with Crippen LogP contribution in [0.1, 0.15) is 10.4 Å². The number of halogens is 1. The van der Waals surface area contributed by atoms with Crippen LogP contribution in [-0.4, -0.2) is 20.8 Å². The molecule has 19 heavy (non-hydrogen) atoms. The quantitative estimate of drug-likeness (QED) is 0.686. The molecule has 0 aliphatic carbocycles. The summed E-state index contributed by atoms with van der Waals surface area (Å²) in [6.45, 7) is 0. The second-order valence-corrected chi connectivity index (χ2v) is 3.91. The zero-order valence-electron chi connectivity index (χ0n) is 9.41. The first-order valence-electron chi connectivity index (χ1n) is 5.08. The van der Waals surface area contributed by atoms with Gasteiger partial charge in [0.25, 0.3) is 11.6 Å². The Kier molecular flexibility index (Phi) is 3.67. The lowest BCUT2D eigenvalue weighted by Crippen LogP contribution is -2.13. The molecule has 1 amide bonds. The van der Waals surface area contributed by atoms with Gasteiger partial charge in [-0.1, -0.05) is 11.6 Å². The molecule has 0 radical (unpaired) electrons. The van der Waals surface area contributed by atoms with Gasteiger partial charge in [-0.15, -0.1) is 0 Å². The van der Waals surface area contributed by atoms with E-state index >= 15 is 0 Å². The van der Waals surface area contributed by atoms with Gasteiger partial charge < -0.3 is 5.32 Å². The maximum absolute atomic E-state index is 11.9. The minimum atomic E-state index is -0.598. The molecule has 1 aromatic heterocycles. The molecule has 0 saturated carbocycles. The van der Waals surface area contributed by atoms with Gasteiger partial charge in [0, 0.05) is 12.1 Å². The van der Waals surface area contributed by atoms with Gasteiger partial charge >= 0.3 is 0 Å². The topological polar surface area (TPSA) is 98.0 Å². The largest absolute Gasteiger partial charge is 0.319 e. The van der Waals surface area contributed by atoms with Crippen LogP contribution in [0.2, 0.25) is 5.02 Å². The number of benzene rings is 1. The van der Waals surface area contributed by atoms with Crippen molar-refractivity contribution in [2.24, 2.45) is 0 Å². The zero-order valence-corrected chi connectivity index (χ0v) is 10.2. The van der Waals surface area contributed by atoms with Crippen LogP contribution >= 0.6 is 11.6 Å². The molecule has 0 unspecified atom stereocenters. The minimum Gasteiger partial charge on any atom is -0.319 e. The molecule has 0 aliphatic heterocycles. The van der Waals surface area contributed by atoms with E-state index in [4.69, 9.17) is 11.6 Å². The van der Waals surface area contributed by atoms with E-state index in [1.807, 2.05) is 0 Å². The van der Waals surface area contributed by atoms with Crippen LogP contribution in [0.5, 0.6) is 0 Å². The monoisotopic (exact) mass is 278 g/mol. The van der Waals surface area contributed by atoms with Crippen molar-refractivity contribution < 1.29 is 9.72 Å². The highest BCUT2D eigenvalue weighted by Gasteiger charge is 2.16. The first kappa shape index (κ1) is 12.9. The van der Waals surface area contributed by atoms with Gasteiger partial charge in [0.15, 0.2) is 0 Å². The fraction of sp³-hybridized carbons (Fsp3) is 0. The van der Waals surface area contributed by atoms with E-state index < -0.39 is 10.8 Å². The number of nitro benzene ring substituents is 1. The first-order valence-corrected chi connectivity index (χ1v) is 5.46. The summed E-state index contributed by atoms with van der Waals surface area (Å²) in [5, 5.41) is 13.3. The number of hydrogen-bond donors (Lipinski definition) is 1. The van der Waals surface area contributed by atoms with Crippen LogP contribution in [0.25, 0.3) is 0 Å². The van der Waals surface area contributed by atoms with Crippen molar-refractivity contribution in [1.82, 2.24) is 9.97 Å². The average Bonchev–Trinajstić information content (AvgIpc) is 2.40. The summed E-state index contributed by atoms with van der Waals surface area (Å²) in [6.07, 6.45) is 4.11. The number of amides is 1. The number of nitro groups is 1. The third-order valence-electron chi connectivity index (χ3n) is 2.22. The van der Waals surface area contributed by atoms with Gasteiger partial charge in [-0.05, 0) is 6.07 Å². The third kappa shape index (κ3) is 3.02. The molecule has 8 heteroatoms. The van der Waals surface area contributed by atoms with E-state index in [9.17, 15) is 14.9 Å². The van der Waals surface area contributed by atoms with Crippen LogP contribution in [0.15, 0.2) is 36.9 Å². The highest BCUT2D eigenvalue weighted by atomic mass is 35.5. The summed E-state index contributed by atoms with van der Waals surface area (Å²) in [7, 11) is 0. The highest BCUT2D eigenvalue weighted by molar-refractivity contribution is 6.34. The molecule has 1 aromatic carbocycles. The van der Waals surface area contributed by atoms with Crippen LogP contribution in [0, 0.1) is 10.1 Å². The van der Waals surface area contributed by atoms with Crippen molar-refractivity contribution in [2.45, 2.75) is 0 Å². The Morgan fingerprint density at radius 1 is 1.32 bits per heavy atom. The number of carbonyl (C=O) groups excluding carboxylic acids is 1. The lowest BCUT2D eigenvalue weighted by atomic mass is 10.2. The molecule has 2 rings (SSSR count). The molecule has 0 fully saturated rings. The maximum Gasteiger partial charge on any atom is 0.270 e. The SMILES string of the molecule is O=C(Nc1cncnc1)c1cc([N+](=O)[O-])ccc1Cl. The lowest BCUT2D eigenvalue weighted by Gasteiger charge is -2.05. The summed E-state index contributed by atoms with van der Waals surface area (Å²) in [4.78, 5) is 29.5. The summed E-state index contributed by atoms with van der Waals surface area (Å²) in [5.41, 5.74) is 0.175. The Hall–Kier alpha value is -2.54. The molecule has 2 aromatic rings. The number of carbonyl (C=O) groups is 1. The molecule has 1 heterocycles. The summed E-state index contributed by atoms with van der Waals surface area (Å²) >= 11 is 5.85. The molecule has 0 aliphatic rings. The summed E-state index contributed by atoms with van der Waals surface area (Å²) in [5.74, 6) is -0.566. The zero-order chi connectivity index (χ0) is 13.8. The molecule has 0 atom stereocenters. The van der Waals surface area contributed by atoms with Crippen molar-refractivity contribution in [3.63, 3.8) is 0 Å². The van der Waals surface area contributed by atoms with Crippen LogP contribution < -0.4 is 5.32 Å². The van der Waals surface area contributed by atoms with Crippen molar-refractivity contribution in [2.75, 3.05) is 5.32 Å². The number of hydrogen-bond acceptors (Lipinski definition) is 5. The van der Waals surface area contributed by atoms with Crippen molar-refractivity contribution in [3.05, 3.63) is 57.6 Å². The molecule has 7 nitrogen and oxygen atoms in total. The molecule has 0 spiro atoms. The van der Waals surface area contributed by atoms with Crippen molar-refractivity contribution in [3.8, 4) is 0 Å². The lowest BCUT2D eigenvalue weighted by molar-refractivity contribution is -0.384. The standard InChI is InChI=1S/C11H7ClN4O3/c12-10-2-1-8(16(18)19)3-9(10)11(17)15-7-4-13-6-14-5-7/h1-6H,(H,15,17). The van der Waals surface area contributed by atoms with Crippen molar-refractivity contribution >= 4 is 28.9 Å². The summed E-state index contributed by atoms with van der Waals surface area (Å²) in [6, 6.07) is 3.64. The predicted octanol–water partition coefficient (Wildman–Crippen LogP) is 2.29. The third-order valence-corrected chi connectivity index (χ3v) is 2.55. The minimum absolute atomic E-state index is 0.0136. The average molecular weight is 279 g/mol. The molecular weight excluding hydrogens is 272 g/mol. The normalized spacial score (nSPS) is 9.95. The molecular formula is C11H7ClN4O3. The van der Waals surface area contributed by atoms with E-state index in [1.54, 1.807) is 0 Å². The van der Waals surface area contributed by atoms with Gasteiger partial charge in [0.05, 0.1) is 33.6 Å².